The minimum atomic E-state index is -3.58. The van der Waals surface area contributed by atoms with E-state index in [4.69, 9.17) is 0 Å². The van der Waals surface area contributed by atoms with Crippen molar-refractivity contribution in [2.75, 3.05) is 7.11 Å². The fourth-order valence-electron chi connectivity index (χ4n) is 1.48. The summed E-state index contributed by atoms with van der Waals surface area (Å²) in [5, 5.41) is 0. The molecule has 0 aromatic heterocycles. The van der Waals surface area contributed by atoms with Crippen LogP contribution in [0.25, 0.3) is 0 Å². The van der Waals surface area contributed by atoms with Crippen LogP contribution in [0.2, 0.25) is 0 Å². The van der Waals surface area contributed by atoms with Crippen molar-refractivity contribution in [3.05, 3.63) is 29.3 Å². The van der Waals surface area contributed by atoms with Gasteiger partial charge in [0.15, 0.2) is 9.84 Å². The average Bonchev–Trinajstić information content (AvgIpc) is 2.26. The van der Waals surface area contributed by atoms with Gasteiger partial charge in [-0.2, -0.15) is 0 Å². The van der Waals surface area contributed by atoms with Crippen molar-refractivity contribution in [2.45, 2.75) is 37.3 Å². The number of rotatable bonds is 2. The Bertz CT molecular complexity index is 565. The van der Waals surface area contributed by atoms with Crippen LogP contribution in [0.1, 0.15) is 36.7 Å². The number of sulfone groups is 1. The third-order valence-electron chi connectivity index (χ3n) is 2.64. The van der Waals surface area contributed by atoms with Crippen molar-refractivity contribution in [2.24, 2.45) is 0 Å². The van der Waals surface area contributed by atoms with E-state index in [0.717, 1.165) is 5.56 Å². The smallest absolute Gasteiger partial charge is 0.339 e. The highest BCUT2D eigenvalue weighted by molar-refractivity contribution is 7.92. The third-order valence-corrected chi connectivity index (χ3v) is 5.18. The number of aryl methyl sites for hydroxylation is 1. The van der Waals surface area contributed by atoms with E-state index >= 15 is 0 Å². The Balaban J connectivity index is 3.57. The summed E-state index contributed by atoms with van der Waals surface area (Å²) in [6.07, 6.45) is 0. The molecule has 0 fully saturated rings. The van der Waals surface area contributed by atoms with Crippen LogP contribution >= 0.6 is 0 Å². The Labute approximate surface area is 108 Å². The van der Waals surface area contributed by atoms with E-state index < -0.39 is 20.6 Å². The highest BCUT2D eigenvalue weighted by Gasteiger charge is 2.34. The molecule has 0 aliphatic rings. The summed E-state index contributed by atoms with van der Waals surface area (Å²) in [6.45, 7) is 6.59. The highest BCUT2D eigenvalue weighted by atomic mass is 32.2. The Kier molecular flexibility index (Phi) is 3.86. The van der Waals surface area contributed by atoms with Gasteiger partial charge in [0.1, 0.15) is 0 Å². The number of benzene rings is 1. The van der Waals surface area contributed by atoms with Crippen molar-refractivity contribution in [1.29, 1.82) is 0 Å². The van der Waals surface area contributed by atoms with E-state index in [1.165, 1.54) is 19.2 Å². The second-order valence-corrected chi connectivity index (χ2v) is 7.78. The lowest BCUT2D eigenvalue weighted by Gasteiger charge is -2.21. The second kappa shape index (κ2) is 4.72. The second-order valence-electron chi connectivity index (χ2n) is 5.11. The molecule has 1 aromatic rings. The summed E-state index contributed by atoms with van der Waals surface area (Å²) in [5.74, 6) is -0.637. The molecule has 1 aromatic carbocycles. The molecule has 0 bridgehead atoms. The molecule has 0 radical (unpaired) electrons. The van der Waals surface area contributed by atoms with E-state index in [2.05, 4.69) is 4.74 Å². The highest BCUT2D eigenvalue weighted by Crippen LogP contribution is 2.28. The van der Waals surface area contributed by atoms with Gasteiger partial charge in [0.05, 0.1) is 22.3 Å². The predicted octanol–water partition coefficient (Wildman–Crippen LogP) is 2.35. The van der Waals surface area contributed by atoms with E-state index in [1.807, 2.05) is 0 Å². The Morgan fingerprint density at radius 1 is 1.22 bits per heavy atom. The lowest BCUT2D eigenvalue weighted by atomic mass is 10.1. The molecule has 0 unspecified atom stereocenters. The molecule has 0 aliphatic heterocycles. The maximum Gasteiger partial charge on any atom is 0.339 e. The molecule has 0 spiro atoms. The number of esters is 1. The Morgan fingerprint density at radius 3 is 2.22 bits per heavy atom. The van der Waals surface area contributed by atoms with Crippen LogP contribution in [-0.2, 0) is 14.6 Å². The van der Waals surface area contributed by atoms with E-state index in [9.17, 15) is 13.2 Å². The number of hydrogen-bond acceptors (Lipinski definition) is 4. The first-order valence-corrected chi connectivity index (χ1v) is 7.03. The van der Waals surface area contributed by atoms with E-state index in [1.54, 1.807) is 33.8 Å². The first-order valence-electron chi connectivity index (χ1n) is 5.55. The van der Waals surface area contributed by atoms with Gasteiger partial charge in [0.25, 0.3) is 0 Å². The molecule has 0 heterocycles. The molecule has 100 valence electrons. The molecule has 0 N–H and O–H groups in total. The van der Waals surface area contributed by atoms with Crippen LogP contribution in [0.5, 0.6) is 0 Å². The van der Waals surface area contributed by atoms with Crippen molar-refractivity contribution >= 4 is 15.8 Å². The van der Waals surface area contributed by atoms with Gasteiger partial charge in [-0.15, -0.1) is 0 Å². The van der Waals surface area contributed by atoms with Crippen LogP contribution < -0.4 is 0 Å². The van der Waals surface area contributed by atoms with Crippen molar-refractivity contribution in [1.82, 2.24) is 0 Å². The fourth-order valence-corrected chi connectivity index (χ4v) is 2.82. The molecule has 1 rings (SSSR count). The van der Waals surface area contributed by atoms with Crippen LogP contribution in [0, 0.1) is 6.92 Å². The molecule has 5 heteroatoms. The summed E-state index contributed by atoms with van der Waals surface area (Å²) >= 11 is 0. The maximum atomic E-state index is 12.4. The molecule has 0 amide bonds. The fraction of sp³-hybridized carbons (Fsp3) is 0.462. The summed E-state index contributed by atoms with van der Waals surface area (Å²) in [6, 6.07) is 4.66. The van der Waals surface area contributed by atoms with Crippen LogP contribution in [0.15, 0.2) is 23.1 Å². The van der Waals surface area contributed by atoms with Crippen LogP contribution in [-0.4, -0.2) is 26.2 Å². The van der Waals surface area contributed by atoms with Crippen molar-refractivity contribution in [3.63, 3.8) is 0 Å². The zero-order valence-corrected chi connectivity index (χ0v) is 12.1. The lowest BCUT2D eigenvalue weighted by molar-refractivity contribution is 0.0596. The normalized spacial score (nSPS) is 12.3. The predicted molar refractivity (Wildman–Crippen MR) is 69.5 cm³/mol. The SMILES string of the molecule is COC(=O)c1cc(C)ccc1S(=O)(=O)C(C)(C)C. The molecule has 0 saturated carbocycles. The summed E-state index contributed by atoms with van der Waals surface area (Å²) in [5.41, 5.74) is 0.899. The molecular weight excluding hydrogens is 252 g/mol. The van der Waals surface area contributed by atoms with Crippen molar-refractivity contribution < 1.29 is 17.9 Å². The topological polar surface area (TPSA) is 60.4 Å². The van der Waals surface area contributed by atoms with Crippen LogP contribution in [0.3, 0.4) is 0 Å². The number of hydrogen-bond donors (Lipinski definition) is 0. The van der Waals surface area contributed by atoms with Gasteiger partial charge in [-0.05, 0) is 39.8 Å². The number of methoxy groups -OCH3 is 1. The zero-order chi connectivity index (χ0) is 14.1. The molecule has 18 heavy (non-hydrogen) atoms. The van der Waals surface area contributed by atoms with Gasteiger partial charge in [-0.1, -0.05) is 11.6 Å². The van der Waals surface area contributed by atoms with Gasteiger partial charge >= 0.3 is 5.97 Å². The Morgan fingerprint density at radius 2 is 1.78 bits per heavy atom. The van der Waals surface area contributed by atoms with E-state index in [-0.39, 0.29) is 10.5 Å². The summed E-state index contributed by atoms with van der Waals surface area (Å²) < 4.78 is 28.5. The summed E-state index contributed by atoms with van der Waals surface area (Å²) in [4.78, 5) is 11.7. The number of carbonyl (C=O) groups is 1. The Hall–Kier alpha value is -1.36. The third kappa shape index (κ3) is 2.56. The van der Waals surface area contributed by atoms with Gasteiger partial charge in [0, 0.05) is 0 Å². The number of ether oxygens (including phenoxy) is 1. The molecule has 4 nitrogen and oxygen atoms in total. The lowest BCUT2D eigenvalue weighted by Crippen LogP contribution is -2.29. The van der Waals surface area contributed by atoms with Gasteiger partial charge in [-0.25, -0.2) is 13.2 Å². The molecular formula is C13H18O4S. The van der Waals surface area contributed by atoms with Crippen molar-refractivity contribution in [3.8, 4) is 0 Å². The first-order chi connectivity index (χ1) is 8.11. The van der Waals surface area contributed by atoms with E-state index in [0.29, 0.717) is 0 Å². The van der Waals surface area contributed by atoms with Gasteiger partial charge in [0.2, 0.25) is 0 Å². The average molecular weight is 270 g/mol. The summed E-state index contributed by atoms with van der Waals surface area (Å²) in [7, 11) is -2.35. The minimum Gasteiger partial charge on any atom is -0.465 e. The largest absolute Gasteiger partial charge is 0.465 e. The standard InChI is InChI=1S/C13H18O4S/c1-9-6-7-11(10(8-9)12(14)17-5)18(15,16)13(2,3)4/h6-8H,1-5H3. The minimum absolute atomic E-state index is 0.0208. The quantitative estimate of drug-likeness (QED) is 0.774. The maximum absolute atomic E-state index is 12.4. The zero-order valence-electron chi connectivity index (χ0n) is 11.3. The molecule has 0 aliphatic carbocycles. The van der Waals surface area contributed by atoms with Crippen LogP contribution in [0.4, 0.5) is 0 Å². The number of carbonyl (C=O) groups excluding carboxylic acids is 1. The molecule has 0 atom stereocenters. The van der Waals surface area contributed by atoms with Gasteiger partial charge < -0.3 is 4.74 Å². The first kappa shape index (κ1) is 14.7. The molecule has 0 saturated heterocycles. The van der Waals surface area contributed by atoms with Gasteiger partial charge in [-0.3, -0.25) is 0 Å². The monoisotopic (exact) mass is 270 g/mol.